The third kappa shape index (κ3) is 2.65. The maximum absolute atomic E-state index is 12.6. The van der Waals surface area contributed by atoms with E-state index in [-0.39, 0.29) is 17.8 Å². The lowest BCUT2D eigenvalue weighted by molar-refractivity contribution is 0.772. The van der Waals surface area contributed by atoms with Gasteiger partial charge in [-0.1, -0.05) is 30.3 Å². The summed E-state index contributed by atoms with van der Waals surface area (Å²) in [6.45, 7) is 2.27. The summed E-state index contributed by atoms with van der Waals surface area (Å²) in [5.74, 6) is 0.361. The molecule has 0 radical (unpaired) electrons. The van der Waals surface area contributed by atoms with Crippen LogP contribution in [0.1, 0.15) is 11.4 Å². The molecule has 0 saturated heterocycles. The first-order valence-electron chi connectivity index (χ1n) is 7.84. The number of nitrogens with zero attached hydrogens (tertiary/aromatic N) is 3. The van der Waals surface area contributed by atoms with Gasteiger partial charge in [-0.3, -0.25) is 9.59 Å². The van der Waals surface area contributed by atoms with Crippen LogP contribution in [0.15, 0.2) is 58.1 Å². The van der Waals surface area contributed by atoms with E-state index in [0.717, 1.165) is 15.8 Å². The Morgan fingerprint density at radius 3 is 2.68 bits per heavy atom. The fraction of sp³-hybridized carbons (Fsp3) is 0.111. The fourth-order valence-corrected chi connectivity index (χ4v) is 2.73. The predicted molar refractivity (Wildman–Crippen MR) is 95.9 cm³/mol. The monoisotopic (exact) mass is 333 g/mol. The molecule has 0 unspecified atom stereocenters. The molecule has 0 saturated carbocycles. The molecule has 4 rings (SSSR count). The Kier molecular flexibility index (Phi) is 3.53. The third-order valence-electron chi connectivity index (χ3n) is 4.03. The Balaban J connectivity index is 1.80. The number of rotatable bonds is 3. The van der Waals surface area contributed by atoms with Crippen LogP contribution in [0, 0.1) is 6.92 Å². The topological polar surface area (TPSA) is 92.2 Å². The van der Waals surface area contributed by atoms with Gasteiger partial charge in [-0.25, -0.2) is 4.98 Å². The molecular formula is C18H15N5O2. The summed E-state index contributed by atoms with van der Waals surface area (Å²) in [6.07, 6.45) is 0. The number of aryl methyl sites for hydroxylation is 1. The van der Waals surface area contributed by atoms with Gasteiger partial charge in [0.15, 0.2) is 0 Å². The van der Waals surface area contributed by atoms with E-state index in [4.69, 9.17) is 0 Å². The number of anilines is 1. The molecule has 0 fully saturated rings. The molecule has 7 nitrogen and oxygen atoms in total. The van der Waals surface area contributed by atoms with Gasteiger partial charge in [0.05, 0.1) is 17.4 Å². The molecule has 2 N–H and O–H groups in total. The lowest BCUT2D eigenvalue weighted by Gasteiger charge is -2.09. The molecular weight excluding hydrogens is 318 g/mol. The highest BCUT2D eigenvalue weighted by Gasteiger charge is 2.10. The minimum Gasteiger partial charge on any atom is -0.378 e. The molecule has 0 aliphatic carbocycles. The summed E-state index contributed by atoms with van der Waals surface area (Å²) < 4.78 is 1.07. The molecule has 0 spiro atoms. The molecule has 25 heavy (non-hydrogen) atoms. The van der Waals surface area contributed by atoms with Crippen molar-refractivity contribution in [3.8, 4) is 0 Å². The predicted octanol–water partition coefficient (Wildman–Crippen LogP) is 1.85. The van der Waals surface area contributed by atoms with E-state index in [1.54, 1.807) is 24.3 Å². The maximum Gasteiger partial charge on any atom is 0.294 e. The second-order valence-corrected chi connectivity index (χ2v) is 5.74. The number of para-hydroxylation sites is 2. The van der Waals surface area contributed by atoms with E-state index < -0.39 is 5.56 Å². The largest absolute Gasteiger partial charge is 0.378 e. The molecule has 2 aromatic heterocycles. The van der Waals surface area contributed by atoms with Gasteiger partial charge in [-0.2, -0.15) is 4.52 Å². The number of hydrogen-bond donors (Lipinski definition) is 2. The molecule has 0 aliphatic heterocycles. The van der Waals surface area contributed by atoms with Gasteiger partial charge in [0.1, 0.15) is 5.82 Å². The van der Waals surface area contributed by atoms with Gasteiger partial charge in [0, 0.05) is 5.69 Å². The van der Waals surface area contributed by atoms with Crippen LogP contribution in [-0.2, 0) is 6.54 Å². The molecule has 0 atom stereocenters. The average molecular weight is 333 g/mol. The average Bonchev–Trinajstić information content (AvgIpc) is 2.62. The van der Waals surface area contributed by atoms with Crippen LogP contribution in [0.3, 0.4) is 0 Å². The summed E-state index contributed by atoms with van der Waals surface area (Å²) in [4.78, 5) is 31.9. The second kappa shape index (κ2) is 5.86. The van der Waals surface area contributed by atoms with E-state index in [9.17, 15) is 9.59 Å². The Morgan fingerprint density at radius 1 is 1.08 bits per heavy atom. The highest BCUT2D eigenvalue weighted by molar-refractivity contribution is 5.79. The lowest BCUT2D eigenvalue weighted by atomic mass is 10.2. The first-order chi connectivity index (χ1) is 12.1. The standard InChI is InChI=1S/C18H15N5O2/c1-11-6-2-4-8-13(11)19-10-15-21-17(24)16-20-14-9-5-3-7-12(14)18(25)23(16)22-15/h2-9,19H,10H2,1H3,(H,21,22,24). The van der Waals surface area contributed by atoms with E-state index in [1.807, 2.05) is 31.2 Å². The molecule has 124 valence electrons. The zero-order valence-corrected chi connectivity index (χ0v) is 13.5. The van der Waals surface area contributed by atoms with Crippen LogP contribution in [0.25, 0.3) is 16.6 Å². The first-order valence-corrected chi connectivity index (χ1v) is 7.84. The Labute approximate surface area is 142 Å². The van der Waals surface area contributed by atoms with Crippen molar-refractivity contribution in [2.45, 2.75) is 13.5 Å². The minimum atomic E-state index is -0.445. The highest BCUT2D eigenvalue weighted by Crippen LogP contribution is 2.13. The number of H-pyrrole nitrogens is 1. The summed E-state index contributed by atoms with van der Waals surface area (Å²) in [7, 11) is 0. The van der Waals surface area contributed by atoms with Crippen LogP contribution >= 0.6 is 0 Å². The smallest absolute Gasteiger partial charge is 0.294 e. The van der Waals surface area contributed by atoms with Crippen molar-refractivity contribution in [1.29, 1.82) is 0 Å². The summed E-state index contributed by atoms with van der Waals surface area (Å²) in [6, 6.07) is 14.7. The summed E-state index contributed by atoms with van der Waals surface area (Å²) in [5, 5.41) is 7.89. The highest BCUT2D eigenvalue weighted by atomic mass is 16.1. The number of hydrogen-bond acceptors (Lipinski definition) is 5. The van der Waals surface area contributed by atoms with Crippen molar-refractivity contribution in [2.24, 2.45) is 0 Å². The van der Waals surface area contributed by atoms with Gasteiger partial charge >= 0.3 is 0 Å². The van der Waals surface area contributed by atoms with Crippen molar-refractivity contribution in [3.05, 3.63) is 80.6 Å². The Morgan fingerprint density at radius 2 is 1.84 bits per heavy atom. The zero-order chi connectivity index (χ0) is 17.4. The van der Waals surface area contributed by atoms with Crippen LogP contribution in [0.2, 0.25) is 0 Å². The minimum absolute atomic E-state index is 0.0108. The molecule has 2 heterocycles. The van der Waals surface area contributed by atoms with Crippen molar-refractivity contribution in [3.63, 3.8) is 0 Å². The van der Waals surface area contributed by atoms with Crippen LogP contribution in [0.4, 0.5) is 5.69 Å². The normalized spacial score (nSPS) is 11.1. The van der Waals surface area contributed by atoms with Crippen LogP contribution in [0.5, 0.6) is 0 Å². The summed E-state index contributed by atoms with van der Waals surface area (Å²) >= 11 is 0. The van der Waals surface area contributed by atoms with E-state index in [2.05, 4.69) is 20.4 Å². The molecule has 0 amide bonds. The quantitative estimate of drug-likeness (QED) is 0.558. The number of aromatic amines is 1. The van der Waals surface area contributed by atoms with Gasteiger partial charge in [-0.15, -0.1) is 5.10 Å². The number of fused-ring (bicyclic) bond motifs is 2. The van der Waals surface area contributed by atoms with Crippen molar-refractivity contribution < 1.29 is 0 Å². The Bertz CT molecular complexity index is 1210. The number of benzene rings is 2. The molecule has 0 aliphatic rings. The van der Waals surface area contributed by atoms with Crippen LogP contribution < -0.4 is 16.4 Å². The molecule has 2 aromatic carbocycles. The van der Waals surface area contributed by atoms with Gasteiger partial charge in [0.2, 0.25) is 5.65 Å². The van der Waals surface area contributed by atoms with Gasteiger partial charge in [0.25, 0.3) is 11.1 Å². The first kappa shape index (κ1) is 15.1. The zero-order valence-electron chi connectivity index (χ0n) is 13.5. The van der Waals surface area contributed by atoms with Crippen molar-refractivity contribution in [2.75, 3.05) is 5.32 Å². The third-order valence-corrected chi connectivity index (χ3v) is 4.03. The van der Waals surface area contributed by atoms with Crippen molar-refractivity contribution >= 4 is 22.2 Å². The van der Waals surface area contributed by atoms with Crippen molar-refractivity contribution in [1.82, 2.24) is 19.6 Å². The van der Waals surface area contributed by atoms with Crippen LogP contribution in [-0.4, -0.2) is 19.6 Å². The van der Waals surface area contributed by atoms with Gasteiger partial charge < -0.3 is 10.3 Å². The van der Waals surface area contributed by atoms with E-state index >= 15 is 0 Å². The Hall–Kier alpha value is -3.48. The second-order valence-electron chi connectivity index (χ2n) is 5.74. The lowest BCUT2D eigenvalue weighted by Crippen LogP contribution is -2.27. The molecule has 7 heteroatoms. The molecule has 4 aromatic rings. The number of nitrogens with one attached hydrogen (secondary N) is 2. The number of aromatic nitrogens is 4. The molecule has 0 bridgehead atoms. The SMILES string of the molecule is Cc1ccccc1NCc1nn2c(=O)c3ccccc3nc2c(=O)[nH]1. The maximum atomic E-state index is 12.6. The summed E-state index contributed by atoms with van der Waals surface area (Å²) in [5.41, 5.74) is 1.68. The fourth-order valence-electron chi connectivity index (χ4n) is 2.73. The van der Waals surface area contributed by atoms with E-state index in [0.29, 0.717) is 16.7 Å². The van der Waals surface area contributed by atoms with Gasteiger partial charge in [-0.05, 0) is 30.7 Å². The van der Waals surface area contributed by atoms with E-state index in [1.165, 1.54) is 0 Å².